The van der Waals surface area contributed by atoms with Crippen LogP contribution >= 0.6 is 15.9 Å². The number of ether oxygens (including phenoxy) is 4. The van der Waals surface area contributed by atoms with Gasteiger partial charge in [0.1, 0.15) is 0 Å². The van der Waals surface area contributed by atoms with Crippen molar-refractivity contribution in [2.24, 2.45) is 0 Å². The monoisotopic (exact) mass is 471 g/mol. The quantitative estimate of drug-likeness (QED) is 0.498. The Kier molecular flexibility index (Phi) is 5.47. The van der Waals surface area contributed by atoms with E-state index in [-0.39, 0.29) is 18.8 Å². The predicted octanol–water partition coefficient (Wildman–Crippen LogP) is 5.40. The summed E-state index contributed by atoms with van der Waals surface area (Å²) in [5, 5.41) is 1.85. The molecule has 0 unspecified atom stereocenters. The van der Waals surface area contributed by atoms with Crippen molar-refractivity contribution in [3.05, 3.63) is 52.5 Å². The van der Waals surface area contributed by atoms with Crippen LogP contribution in [0, 0.1) is 0 Å². The molecule has 0 N–H and O–H groups in total. The zero-order valence-corrected chi connectivity index (χ0v) is 18.8. The van der Waals surface area contributed by atoms with Gasteiger partial charge in [-0.25, -0.2) is 0 Å². The van der Waals surface area contributed by atoms with Crippen LogP contribution in [-0.2, 0) is 0 Å². The van der Waals surface area contributed by atoms with Gasteiger partial charge in [-0.1, -0.05) is 12.1 Å². The van der Waals surface area contributed by atoms with Gasteiger partial charge < -0.3 is 23.8 Å². The second-order valence-electron chi connectivity index (χ2n) is 7.19. The molecule has 3 aromatic rings. The van der Waals surface area contributed by atoms with Crippen molar-refractivity contribution >= 4 is 38.3 Å². The molecule has 1 heterocycles. The SMILES string of the molecule is COc1c(OC(C)C)ccc(Br)c1C(=O)N(C)c1cccc2cc3c(cc12)OCO3. The van der Waals surface area contributed by atoms with Crippen molar-refractivity contribution in [1.29, 1.82) is 0 Å². The number of carbonyl (C=O) groups is 1. The molecule has 0 saturated carbocycles. The number of fused-ring (bicyclic) bond motifs is 2. The fourth-order valence-corrected chi connectivity index (χ4v) is 3.99. The summed E-state index contributed by atoms with van der Waals surface area (Å²) in [5.74, 6) is 2.07. The van der Waals surface area contributed by atoms with Crippen LogP contribution in [0.4, 0.5) is 5.69 Å². The van der Waals surface area contributed by atoms with Crippen LogP contribution in [0.5, 0.6) is 23.0 Å². The Bertz CT molecular complexity index is 1130. The molecule has 0 atom stereocenters. The fourth-order valence-electron chi connectivity index (χ4n) is 3.51. The normalized spacial score (nSPS) is 12.3. The van der Waals surface area contributed by atoms with E-state index < -0.39 is 0 Å². The van der Waals surface area contributed by atoms with Crippen molar-refractivity contribution in [2.75, 3.05) is 25.9 Å². The Morgan fingerprint density at radius 2 is 1.87 bits per heavy atom. The lowest BCUT2D eigenvalue weighted by atomic mass is 10.1. The summed E-state index contributed by atoms with van der Waals surface area (Å²) in [6.45, 7) is 4.05. The minimum atomic E-state index is -0.224. The van der Waals surface area contributed by atoms with Crippen molar-refractivity contribution in [3.8, 4) is 23.0 Å². The van der Waals surface area contributed by atoms with Crippen LogP contribution in [0.2, 0.25) is 0 Å². The minimum Gasteiger partial charge on any atom is -0.492 e. The molecule has 3 aromatic carbocycles. The number of amides is 1. The van der Waals surface area contributed by atoms with E-state index in [2.05, 4.69) is 15.9 Å². The average molecular weight is 472 g/mol. The number of halogens is 1. The molecule has 0 fully saturated rings. The number of benzene rings is 3. The molecule has 6 nitrogen and oxygen atoms in total. The molecule has 0 bridgehead atoms. The third-order valence-corrected chi connectivity index (χ3v) is 5.53. The molecule has 0 saturated heterocycles. The van der Waals surface area contributed by atoms with Crippen molar-refractivity contribution in [3.63, 3.8) is 0 Å². The van der Waals surface area contributed by atoms with Gasteiger partial charge in [-0.2, -0.15) is 0 Å². The molecule has 4 rings (SSSR count). The largest absolute Gasteiger partial charge is 0.492 e. The van der Waals surface area contributed by atoms with Gasteiger partial charge in [0.15, 0.2) is 23.0 Å². The lowest BCUT2D eigenvalue weighted by Gasteiger charge is -2.23. The molecule has 1 amide bonds. The highest BCUT2D eigenvalue weighted by atomic mass is 79.9. The van der Waals surface area contributed by atoms with E-state index in [0.717, 1.165) is 16.5 Å². The van der Waals surface area contributed by atoms with Gasteiger partial charge in [0.25, 0.3) is 5.91 Å². The molecule has 30 heavy (non-hydrogen) atoms. The molecule has 0 aliphatic carbocycles. The maximum absolute atomic E-state index is 13.6. The minimum absolute atomic E-state index is 0.0526. The molecular weight excluding hydrogens is 450 g/mol. The summed E-state index contributed by atoms with van der Waals surface area (Å²) >= 11 is 3.50. The van der Waals surface area contributed by atoms with E-state index in [9.17, 15) is 4.79 Å². The molecule has 0 radical (unpaired) electrons. The molecular formula is C23H22BrNO5. The number of carbonyl (C=O) groups excluding carboxylic acids is 1. The number of rotatable bonds is 5. The number of anilines is 1. The summed E-state index contributed by atoms with van der Waals surface area (Å²) in [6.07, 6.45) is -0.0526. The van der Waals surface area contributed by atoms with E-state index in [0.29, 0.717) is 33.0 Å². The van der Waals surface area contributed by atoms with Crippen molar-refractivity contribution in [1.82, 2.24) is 0 Å². The summed E-state index contributed by atoms with van der Waals surface area (Å²) in [4.78, 5) is 15.2. The fraction of sp³-hybridized carbons (Fsp3) is 0.261. The topological polar surface area (TPSA) is 57.2 Å². The number of nitrogens with zero attached hydrogens (tertiary/aromatic N) is 1. The standard InChI is InChI=1S/C23H22BrNO5/c1-13(2)30-18-9-8-16(24)21(22(18)27-4)23(26)25(3)17-7-5-6-14-10-19-20(11-15(14)17)29-12-28-19/h5-11,13H,12H2,1-4H3. The van der Waals surface area contributed by atoms with Crippen LogP contribution in [0.3, 0.4) is 0 Å². The van der Waals surface area contributed by atoms with Crippen molar-refractivity contribution in [2.45, 2.75) is 20.0 Å². The summed E-state index contributed by atoms with van der Waals surface area (Å²) in [7, 11) is 3.27. The third-order valence-electron chi connectivity index (χ3n) is 4.87. The van der Waals surface area contributed by atoms with Gasteiger partial charge in [0, 0.05) is 16.9 Å². The maximum Gasteiger partial charge on any atom is 0.263 e. The summed E-state index contributed by atoms with van der Waals surface area (Å²) in [6, 6.07) is 13.2. The molecule has 1 aliphatic heterocycles. The number of hydrogen-bond acceptors (Lipinski definition) is 5. The Labute approximate surface area is 183 Å². The maximum atomic E-state index is 13.6. The molecule has 0 aromatic heterocycles. The second kappa shape index (κ2) is 8.07. The molecule has 7 heteroatoms. The van der Waals surface area contributed by atoms with E-state index in [1.54, 1.807) is 24.1 Å². The highest BCUT2D eigenvalue weighted by Crippen LogP contribution is 2.41. The van der Waals surface area contributed by atoms with Crippen molar-refractivity contribution < 1.29 is 23.7 Å². The molecule has 0 spiro atoms. The zero-order valence-electron chi connectivity index (χ0n) is 17.2. The Balaban J connectivity index is 1.80. The average Bonchev–Trinajstić information content (AvgIpc) is 3.18. The predicted molar refractivity (Wildman–Crippen MR) is 119 cm³/mol. The van der Waals surface area contributed by atoms with Gasteiger partial charge >= 0.3 is 0 Å². The van der Waals surface area contributed by atoms with Gasteiger partial charge in [-0.15, -0.1) is 0 Å². The lowest BCUT2D eigenvalue weighted by molar-refractivity contribution is 0.0988. The van der Waals surface area contributed by atoms with E-state index >= 15 is 0 Å². The summed E-state index contributed by atoms with van der Waals surface area (Å²) < 4.78 is 23.0. The Morgan fingerprint density at radius 1 is 1.13 bits per heavy atom. The first kappa shape index (κ1) is 20.3. The first-order valence-corrected chi connectivity index (χ1v) is 10.3. The zero-order chi connectivity index (χ0) is 21.4. The first-order chi connectivity index (χ1) is 14.4. The number of hydrogen-bond donors (Lipinski definition) is 0. The van der Waals surface area contributed by atoms with Gasteiger partial charge in [-0.3, -0.25) is 4.79 Å². The lowest BCUT2D eigenvalue weighted by Crippen LogP contribution is -2.27. The van der Waals surface area contributed by atoms with E-state index in [1.165, 1.54) is 7.11 Å². The van der Waals surface area contributed by atoms with Crippen LogP contribution in [0.25, 0.3) is 10.8 Å². The Hall–Kier alpha value is -2.93. The number of methoxy groups -OCH3 is 1. The summed E-state index contributed by atoms with van der Waals surface area (Å²) in [5.41, 5.74) is 1.15. The smallest absolute Gasteiger partial charge is 0.263 e. The van der Waals surface area contributed by atoms with Gasteiger partial charge in [0.05, 0.1) is 24.5 Å². The molecule has 1 aliphatic rings. The van der Waals surface area contributed by atoms with Gasteiger partial charge in [0.2, 0.25) is 6.79 Å². The van der Waals surface area contributed by atoms with Crippen LogP contribution < -0.4 is 23.8 Å². The van der Waals surface area contributed by atoms with E-state index in [1.807, 2.05) is 44.2 Å². The Morgan fingerprint density at radius 3 is 2.57 bits per heavy atom. The second-order valence-corrected chi connectivity index (χ2v) is 8.04. The first-order valence-electron chi connectivity index (χ1n) is 9.54. The van der Waals surface area contributed by atoms with Crippen LogP contribution in [0.15, 0.2) is 46.9 Å². The highest BCUT2D eigenvalue weighted by Gasteiger charge is 2.26. The van der Waals surface area contributed by atoms with Crippen LogP contribution in [0.1, 0.15) is 24.2 Å². The van der Waals surface area contributed by atoms with Crippen LogP contribution in [-0.4, -0.2) is 33.0 Å². The van der Waals surface area contributed by atoms with E-state index in [4.69, 9.17) is 18.9 Å². The molecule has 156 valence electrons. The van der Waals surface area contributed by atoms with Gasteiger partial charge in [-0.05, 0) is 65.5 Å². The highest BCUT2D eigenvalue weighted by molar-refractivity contribution is 9.10. The third kappa shape index (κ3) is 3.54.